The smallest absolute Gasteiger partial charge is 0.125 e. The largest absolute Gasteiger partial charge is 0.490 e. The molecular weight excluding hydrogens is 224 g/mol. The minimum atomic E-state index is 0.0569. The Morgan fingerprint density at radius 1 is 1.22 bits per heavy atom. The Labute approximate surface area is 110 Å². The van der Waals surface area contributed by atoms with E-state index in [1.807, 2.05) is 25.1 Å². The van der Waals surface area contributed by atoms with Crippen LogP contribution in [0.25, 0.3) is 0 Å². The summed E-state index contributed by atoms with van der Waals surface area (Å²) in [6.07, 6.45) is 6.48. The first-order valence-electron chi connectivity index (χ1n) is 7.10. The third-order valence-electron chi connectivity index (χ3n) is 4.05. The lowest BCUT2D eigenvalue weighted by molar-refractivity contribution is 0.126. The van der Waals surface area contributed by atoms with E-state index in [1.165, 1.54) is 24.8 Å². The van der Waals surface area contributed by atoms with Gasteiger partial charge in [0, 0.05) is 5.56 Å². The zero-order valence-corrected chi connectivity index (χ0v) is 11.5. The van der Waals surface area contributed by atoms with E-state index in [4.69, 9.17) is 4.74 Å². The van der Waals surface area contributed by atoms with E-state index in [0.717, 1.165) is 30.1 Å². The molecule has 0 aromatic heterocycles. The molecule has 0 aliphatic heterocycles. The second kappa shape index (κ2) is 6.24. The van der Waals surface area contributed by atoms with E-state index in [9.17, 15) is 5.11 Å². The number of aliphatic hydroxyl groups is 1. The Balaban J connectivity index is 1.97. The predicted molar refractivity (Wildman–Crippen MR) is 73.8 cm³/mol. The highest BCUT2D eigenvalue weighted by molar-refractivity contribution is 5.36. The van der Waals surface area contributed by atoms with Crippen molar-refractivity contribution in [1.82, 2.24) is 0 Å². The molecule has 0 spiro atoms. The fraction of sp³-hybridized carbons (Fsp3) is 0.625. The molecule has 100 valence electrons. The van der Waals surface area contributed by atoms with Crippen LogP contribution in [0.5, 0.6) is 5.75 Å². The highest BCUT2D eigenvalue weighted by atomic mass is 16.5. The number of rotatable bonds is 4. The minimum absolute atomic E-state index is 0.0569. The Hall–Kier alpha value is -1.02. The fourth-order valence-electron chi connectivity index (χ4n) is 2.78. The highest BCUT2D eigenvalue weighted by Gasteiger charge is 2.21. The number of hydrogen-bond acceptors (Lipinski definition) is 2. The molecule has 0 radical (unpaired) electrons. The zero-order valence-electron chi connectivity index (χ0n) is 11.5. The Morgan fingerprint density at radius 2 is 1.94 bits per heavy atom. The molecule has 1 saturated carbocycles. The minimum Gasteiger partial charge on any atom is -0.490 e. The van der Waals surface area contributed by atoms with Gasteiger partial charge in [-0.1, -0.05) is 31.0 Å². The van der Waals surface area contributed by atoms with Crippen molar-refractivity contribution in [2.45, 2.75) is 58.7 Å². The monoisotopic (exact) mass is 248 g/mol. The molecule has 0 heterocycles. The van der Waals surface area contributed by atoms with Crippen LogP contribution in [0.2, 0.25) is 0 Å². The summed E-state index contributed by atoms with van der Waals surface area (Å²) in [4.78, 5) is 0. The van der Waals surface area contributed by atoms with Gasteiger partial charge in [0.05, 0.1) is 12.7 Å². The van der Waals surface area contributed by atoms with Gasteiger partial charge in [-0.25, -0.2) is 0 Å². The predicted octanol–water partition coefficient (Wildman–Crippen LogP) is 3.83. The summed E-state index contributed by atoms with van der Waals surface area (Å²) in [6, 6.07) is 6.05. The third kappa shape index (κ3) is 3.26. The lowest BCUT2D eigenvalue weighted by atomic mass is 9.86. The van der Waals surface area contributed by atoms with Gasteiger partial charge in [-0.05, 0) is 44.6 Å². The molecule has 0 saturated heterocycles. The van der Waals surface area contributed by atoms with Crippen molar-refractivity contribution in [1.29, 1.82) is 0 Å². The highest BCUT2D eigenvalue weighted by Crippen LogP contribution is 2.30. The van der Waals surface area contributed by atoms with Crippen LogP contribution < -0.4 is 4.74 Å². The van der Waals surface area contributed by atoms with Gasteiger partial charge in [0.15, 0.2) is 0 Å². The van der Waals surface area contributed by atoms with Crippen molar-refractivity contribution in [2.24, 2.45) is 5.92 Å². The van der Waals surface area contributed by atoms with Crippen LogP contribution >= 0.6 is 0 Å². The lowest BCUT2D eigenvalue weighted by Gasteiger charge is -2.29. The first kappa shape index (κ1) is 13.4. The van der Waals surface area contributed by atoms with Gasteiger partial charge >= 0.3 is 0 Å². The summed E-state index contributed by atoms with van der Waals surface area (Å²) in [5.74, 6) is 1.75. The Morgan fingerprint density at radius 3 is 2.56 bits per heavy atom. The number of ether oxygens (including phenoxy) is 1. The van der Waals surface area contributed by atoms with Crippen LogP contribution in [0.4, 0.5) is 0 Å². The molecule has 0 bridgehead atoms. The van der Waals surface area contributed by atoms with Crippen molar-refractivity contribution < 1.29 is 9.84 Å². The molecule has 0 amide bonds. The molecule has 1 fully saturated rings. The van der Waals surface area contributed by atoms with E-state index < -0.39 is 0 Å². The van der Waals surface area contributed by atoms with E-state index in [-0.39, 0.29) is 6.61 Å². The van der Waals surface area contributed by atoms with Gasteiger partial charge < -0.3 is 9.84 Å². The molecule has 1 aromatic carbocycles. The summed E-state index contributed by atoms with van der Waals surface area (Å²) in [5.41, 5.74) is 2.08. The average molecular weight is 248 g/mol. The zero-order chi connectivity index (χ0) is 13.0. The van der Waals surface area contributed by atoms with Crippen LogP contribution in [-0.4, -0.2) is 11.2 Å². The standard InChI is InChI=1S/C16H24O2/c1-3-13-5-7-15(8-6-13)18-16-9-4-12(2)10-14(16)11-17/h4,9-10,13,15,17H,3,5-8,11H2,1-2H3. The quantitative estimate of drug-likeness (QED) is 0.877. The Bertz CT molecular complexity index is 379. The summed E-state index contributed by atoms with van der Waals surface area (Å²) < 4.78 is 6.07. The van der Waals surface area contributed by atoms with E-state index >= 15 is 0 Å². The second-order valence-corrected chi connectivity index (χ2v) is 5.44. The summed E-state index contributed by atoms with van der Waals surface area (Å²) in [7, 11) is 0. The first-order valence-corrected chi connectivity index (χ1v) is 7.10. The maximum absolute atomic E-state index is 9.37. The van der Waals surface area contributed by atoms with Gasteiger partial charge in [-0.3, -0.25) is 0 Å². The van der Waals surface area contributed by atoms with Gasteiger partial charge in [-0.15, -0.1) is 0 Å². The molecule has 18 heavy (non-hydrogen) atoms. The maximum Gasteiger partial charge on any atom is 0.125 e. The van der Waals surface area contributed by atoms with Crippen LogP contribution in [0, 0.1) is 12.8 Å². The van der Waals surface area contributed by atoms with Crippen molar-refractivity contribution >= 4 is 0 Å². The molecule has 0 unspecified atom stereocenters. The molecule has 1 N–H and O–H groups in total. The molecule has 1 aromatic rings. The third-order valence-corrected chi connectivity index (χ3v) is 4.05. The second-order valence-electron chi connectivity index (χ2n) is 5.44. The molecule has 2 rings (SSSR count). The van der Waals surface area contributed by atoms with Crippen LogP contribution in [0.15, 0.2) is 18.2 Å². The maximum atomic E-state index is 9.37. The number of hydrogen-bond donors (Lipinski definition) is 1. The molecule has 1 aliphatic rings. The van der Waals surface area contributed by atoms with Gasteiger partial charge in [0.25, 0.3) is 0 Å². The first-order chi connectivity index (χ1) is 8.72. The number of aliphatic hydroxyl groups excluding tert-OH is 1. The molecule has 1 aliphatic carbocycles. The van der Waals surface area contributed by atoms with E-state index in [0.29, 0.717) is 6.10 Å². The van der Waals surface area contributed by atoms with Gasteiger partial charge in [0.2, 0.25) is 0 Å². The molecule has 2 nitrogen and oxygen atoms in total. The summed E-state index contributed by atoms with van der Waals surface area (Å²) in [6.45, 7) is 4.37. The molecule has 0 atom stereocenters. The van der Waals surface area contributed by atoms with Crippen LogP contribution in [0.1, 0.15) is 50.2 Å². The number of aryl methyl sites for hydroxylation is 1. The fourth-order valence-corrected chi connectivity index (χ4v) is 2.78. The summed E-state index contributed by atoms with van der Waals surface area (Å²) >= 11 is 0. The van der Waals surface area contributed by atoms with Crippen molar-refractivity contribution in [3.8, 4) is 5.75 Å². The van der Waals surface area contributed by atoms with Gasteiger partial charge in [-0.2, -0.15) is 0 Å². The summed E-state index contributed by atoms with van der Waals surface area (Å²) in [5, 5.41) is 9.37. The van der Waals surface area contributed by atoms with Gasteiger partial charge in [0.1, 0.15) is 5.75 Å². The van der Waals surface area contributed by atoms with Crippen molar-refractivity contribution in [2.75, 3.05) is 0 Å². The number of benzene rings is 1. The Kier molecular flexibility index (Phi) is 4.65. The van der Waals surface area contributed by atoms with Crippen molar-refractivity contribution in [3.63, 3.8) is 0 Å². The SMILES string of the molecule is CCC1CCC(Oc2ccc(C)cc2CO)CC1. The molecule has 2 heteroatoms. The normalized spacial score (nSPS) is 23.9. The topological polar surface area (TPSA) is 29.5 Å². The van der Waals surface area contributed by atoms with Crippen LogP contribution in [0.3, 0.4) is 0 Å². The van der Waals surface area contributed by atoms with E-state index in [2.05, 4.69) is 6.92 Å². The molecular formula is C16H24O2. The lowest BCUT2D eigenvalue weighted by Crippen LogP contribution is -2.24. The average Bonchev–Trinajstić information content (AvgIpc) is 2.41. The van der Waals surface area contributed by atoms with Crippen molar-refractivity contribution in [3.05, 3.63) is 29.3 Å². The van der Waals surface area contributed by atoms with Crippen LogP contribution in [-0.2, 0) is 6.61 Å². The van der Waals surface area contributed by atoms with E-state index in [1.54, 1.807) is 0 Å².